The fourth-order valence-corrected chi connectivity index (χ4v) is 4.81. The van der Waals surface area contributed by atoms with E-state index in [9.17, 15) is 8.42 Å². The molecule has 1 saturated carbocycles. The van der Waals surface area contributed by atoms with Crippen molar-refractivity contribution in [3.05, 3.63) is 18.6 Å². The van der Waals surface area contributed by atoms with E-state index < -0.39 is 10.0 Å². The Labute approximate surface area is 136 Å². The van der Waals surface area contributed by atoms with E-state index in [0.29, 0.717) is 18.9 Å². The minimum absolute atomic E-state index is 0.264. The zero-order valence-corrected chi connectivity index (χ0v) is 14.5. The van der Waals surface area contributed by atoms with E-state index in [1.165, 1.54) is 4.31 Å². The fourth-order valence-electron chi connectivity index (χ4n) is 3.34. The first-order chi connectivity index (χ1) is 10.9. The molecule has 0 radical (unpaired) electrons. The van der Waals surface area contributed by atoms with E-state index in [-0.39, 0.29) is 5.25 Å². The summed E-state index contributed by atoms with van der Waals surface area (Å²) < 4.78 is 25.9. The van der Waals surface area contributed by atoms with Crippen LogP contribution in [-0.2, 0) is 10.0 Å². The average molecular weight is 337 g/mol. The van der Waals surface area contributed by atoms with Crippen LogP contribution in [0.2, 0.25) is 0 Å². The minimum Gasteiger partial charge on any atom is -0.356 e. The largest absolute Gasteiger partial charge is 0.356 e. The zero-order valence-electron chi connectivity index (χ0n) is 13.7. The molecule has 2 aromatic heterocycles. The minimum atomic E-state index is -3.16. The van der Waals surface area contributed by atoms with Crippen LogP contribution in [0.3, 0.4) is 0 Å². The summed E-state index contributed by atoms with van der Waals surface area (Å²) in [6.45, 7) is 0. The number of aromatic nitrogens is 3. The van der Waals surface area contributed by atoms with Crippen LogP contribution in [0.15, 0.2) is 18.6 Å². The van der Waals surface area contributed by atoms with E-state index >= 15 is 0 Å². The van der Waals surface area contributed by atoms with Crippen LogP contribution in [0.25, 0.3) is 11.0 Å². The summed E-state index contributed by atoms with van der Waals surface area (Å²) in [6, 6.07) is 2.28. The first-order valence-electron chi connectivity index (χ1n) is 7.83. The van der Waals surface area contributed by atoms with Crippen molar-refractivity contribution in [3.8, 4) is 0 Å². The lowest BCUT2D eigenvalue weighted by molar-refractivity contribution is 0.406. The first-order valence-corrected chi connectivity index (χ1v) is 9.34. The van der Waals surface area contributed by atoms with Crippen molar-refractivity contribution in [2.75, 3.05) is 26.0 Å². The first kappa shape index (κ1) is 16.2. The molecular weight excluding hydrogens is 314 g/mol. The maximum absolute atomic E-state index is 12.3. The van der Waals surface area contributed by atoms with Gasteiger partial charge in [0.05, 0.1) is 10.6 Å². The number of H-pyrrole nitrogens is 1. The highest BCUT2D eigenvalue weighted by atomic mass is 32.2. The molecule has 1 fully saturated rings. The number of sulfonamides is 1. The Hall–Kier alpha value is -1.67. The predicted octanol–water partition coefficient (Wildman–Crippen LogP) is 1.60. The van der Waals surface area contributed by atoms with Crippen molar-refractivity contribution < 1.29 is 8.42 Å². The third-order valence-corrected chi connectivity index (χ3v) is 7.12. The second-order valence-electron chi connectivity index (χ2n) is 6.31. The number of anilines is 1. The number of fused-ring (bicyclic) bond motifs is 1. The summed E-state index contributed by atoms with van der Waals surface area (Å²) in [4.78, 5) is 13.9. The molecule has 2 heterocycles. The van der Waals surface area contributed by atoms with E-state index in [1.807, 2.05) is 19.3 Å². The van der Waals surface area contributed by atoms with Gasteiger partial charge in [0.1, 0.15) is 17.8 Å². The number of aromatic amines is 1. The highest BCUT2D eigenvalue weighted by Gasteiger charge is 2.34. The van der Waals surface area contributed by atoms with E-state index in [0.717, 1.165) is 29.7 Å². The molecule has 2 aromatic rings. The van der Waals surface area contributed by atoms with Gasteiger partial charge in [-0.3, -0.25) is 0 Å². The van der Waals surface area contributed by atoms with Crippen LogP contribution in [-0.4, -0.2) is 60.1 Å². The van der Waals surface area contributed by atoms with E-state index in [4.69, 9.17) is 0 Å². The van der Waals surface area contributed by atoms with Gasteiger partial charge in [-0.1, -0.05) is 0 Å². The summed E-state index contributed by atoms with van der Waals surface area (Å²) in [6.07, 6.45) is 6.51. The van der Waals surface area contributed by atoms with E-state index in [2.05, 4.69) is 19.9 Å². The van der Waals surface area contributed by atoms with Crippen LogP contribution < -0.4 is 4.90 Å². The molecule has 0 unspecified atom stereocenters. The van der Waals surface area contributed by atoms with Gasteiger partial charge in [-0.25, -0.2) is 22.7 Å². The molecule has 0 spiro atoms. The van der Waals surface area contributed by atoms with Crippen molar-refractivity contribution in [2.24, 2.45) is 0 Å². The van der Waals surface area contributed by atoms with Crippen molar-refractivity contribution in [1.82, 2.24) is 19.3 Å². The maximum atomic E-state index is 12.3. The molecule has 1 N–H and O–H groups in total. The van der Waals surface area contributed by atoms with Gasteiger partial charge in [-0.2, -0.15) is 0 Å². The number of nitrogens with zero attached hydrogens (tertiary/aromatic N) is 4. The van der Waals surface area contributed by atoms with Gasteiger partial charge >= 0.3 is 0 Å². The molecule has 1 aliphatic rings. The molecule has 0 atom stereocenters. The summed E-state index contributed by atoms with van der Waals surface area (Å²) in [7, 11) is 2.09. The molecule has 0 aliphatic heterocycles. The summed E-state index contributed by atoms with van der Waals surface area (Å²) >= 11 is 0. The van der Waals surface area contributed by atoms with Gasteiger partial charge in [0.2, 0.25) is 10.0 Å². The average Bonchev–Trinajstić information content (AvgIpc) is 3.02. The molecule has 7 nitrogen and oxygen atoms in total. The quantitative estimate of drug-likeness (QED) is 0.916. The van der Waals surface area contributed by atoms with Crippen LogP contribution in [0.4, 0.5) is 5.82 Å². The topological polar surface area (TPSA) is 82.2 Å². The summed E-state index contributed by atoms with van der Waals surface area (Å²) in [5, 5.41) is 0.734. The molecule has 3 rings (SSSR count). The van der Waals surface area contributed by atoms with E-state index in [1.54, 1.807) is 20.4 Å². The Balaban J connectivity index is 1.74. The normalized spacial score (nSPS) is 22.6. The highest BCUT2D eigenvalue weighted by molar-refractivity contribution is 7.89. The van der Waals surface area contributed by atoms with Crippen LogP contribution in [0, 0.1) is 0 Å². The smallest absolute Gasteiger partial charge is 0.216 e. The molecular formula is C15H23N5O2S. The SMILES string of the molecule is CN(c1ncnc2[nH]ccc12)C1CCC(S(=O)(=O)N(C)C)CC1. The lowest BCUT2D eigenvalue weighted by Crippen LogP contribution is -2.41. The monoisotopic (exact) mass is 337 g/mol. The predicted molar refractivity (Wildman–Crippen MR) is 90.9 cm³/mol. The standard InChI is InChI=1S/C15H23N5O2S/c1-19(2)23(21,22)12-6-4-11(5-7-12)20(3)15-13-8-9-16-14(13)17-10-18-15/h8-12H,4-7H2,1-3H3,(H,16,17,18). The van der Waals surface area contributed by atoms with Gasteiger partial charge in [-0.05, 0) is 31.7 Å². The maximum Gasteiger partial charge on any atom is 0.216 e. The van der Waals surface area contributed by atoms with Crippen LogP contribution >= 0.6 is 0 Å². The van der Waals surface area contributed by atoms with Gasteiger partial charge in [0, 0.05) is 33.4 Å². The van der Waals surface area contributed by atoms with Crippen LogP contribution in [0.5, 0.6) is 0 Å². The Morgan fingerprint density at radius 3 is 2.48 bits per heavy atom. The third kappa shape index (κ3) is 2.92. The van der Waals surface area contributed by atoms with Gasteiger partial charge in [0.15, 0.2) is 0 Å². The molecule has 126 valence electrons. The van der Waals surface area contributed by atoms with Crippen molar-refractivity contribution in [1.29, 1.82) is 0 Å². The van der Waals surface area contributed by atoms with Crippen molar-refractivity contribution >= 4 is 26.9 Å². The Morgan fingerprint density at radius 2 is 1.83 bits per heavy atom. The Morgan fingerprint density at radius 1 is 1.13 bits per heavy atom. The number of rotatable bonds is 4. The number of hydrogen-bond donors (Lipinski definition) is 1. The van der Waals surface area contributed by atoms with Gasteiger partial charge in [0.25, 0.3) is 0 Å². The number of nitrogens with one attached hydrogen (secondary N) is 1. The summed E-state index contributed by atoms with van der Waals surface area (Å²) in [5.74, 6) is 0.898. The fraction of sp³-hybridized carbons (Fsp3) is 0.600. The molecule has 0 saturated heterocycles. The van der Waals surface area contributed by atoms with Gasteiger partial charge < -0.3 is 9.88 Å². The van der Waals surface area contributed by atoms with Crippen molar-refractivity contribution in [3.63, 3.8) is 0 Å². The second kappa shape index (κ2) is 6.09. The molecule has 0 aromatic carbocycles. The lowest BCUT2D eigenvalue weighted by atomic mass is 9.94. The molecule has 0 bridgehead atoms. The molecule has 1 aliphatic carbocycles. The summed E-state index contributed by atoms with van der Waals surface area (Å²) in [5.41, 5.74) is 0.825. The van der Waals surface area contributed by atoms with Crippen LogP contribution in [0.1, 0.15) is 25.7 Å². The lowest BCUT2D eigenvalue weighted by Gasteiger charge is -2.35. The van der Waals surface area contributed by atoms with Gasteiger partial charge in [-0.15, -0.1) is 0 Å². The Bertz CT molecular complexity index is 778. The van der Waals surface area contributed by atoms with Crippen molar-refractivity contribution in [2.45, 2.75) is 37.0 Å². The highest BCUT2D eigenvalue weighted by Crippen LogP contribution is 2.31. The second-order valence-corrected chi connectivity index (χ2v) is 8.73. The molecule has 23 heavy (non-hydrogen) atoms. The Kier molecular flexibility index (Phi) is 4.29. The third-order valence-electron chi connectivity index (χ3n) is 4.79. The zero-order chi connectivity index (χ0) is 16.6. The number of hydrogen-bond acceptors (Lipinski definition) is 5. The molecule has 0 amide bonds. The molecule has 8 heteroatoms.